The predicted molar refractivity (Wildman–Crippen MR) is 159 cm³/mol. The van der Waals surface area contributed by atoms with Crippen molar-refractivity contribution < 1.29 is 23.6 Å². The van der Waals surface area contributed by atoms with Crippen LogP contribution >= 0.6 is 15.9 Å². The summed E-state index contributed by atoms with van der Waals surface area (Å²) >= 11 is 3.23. The fraction of sp³-hybridized carbons (Fsp3) is 0.333. The molecular formula is C30H32BrN5O5. The van der Waals surface area contributed by atoms with Gasteiger partial charge in [-0.3, -0.25) is 24.1 Å². The number of likely N-dealkylation sites (tertiary alicyclic amines) is 1. The highest BCUT2D eigenvalue weighted by Crippen LogP contribution is 2.31. The third-order valence-electron chi connectivity index (χ3n) is 7.38. The molecule has 0 spiro atoms. The number of rotatable bonds is 9. The lowest BCUT2D eigenvalue weighted by atomic mass is 10.1. The lowest BCUT2D eigenvalue weighted by Crippen LogP contribution is -2.47. The van der Waals surface area contributed by atoms with E-state index in [0.29, 0.717) is 28.9 Å². The zero-order valence-corrected chi connectivity index (χ0v) is 24.4. The minimum Gasteiger partial charge on any atom is -0.444 e. The largest absolute Gasteiger partial charge is 0.444 e. The lowest BCUT2D eigenvalue weighted by Gasteiger charge is -2.38. The number of carbonyl (C=O) groups is 4. The van der Waals surface area contributed by atoms with Crippen molar-refractivity contribution in [3.05, 3.63) is 76.2 Å². The molecule has 3 heterocycles. The van der Waals surface area contributed by atoms with Gasteiger partial charge >= 0.3 is 0 Å². The Morgan fingerprint density at radius 3 is 2.22 bits per heavy atom. The first-order chi connectivity index (χ1) is 19.8. The van der Waals surface area contributed by atoms with Crippen molar-refractivity contribution in [2.75, 3.05) is 54.4 Å². The van der Waals surface area contributed by atoms with Crippen molar-refractivity contribution in [2.45, 2.75) is 26.2 Å². The molecule has 2 saturated heterocycles. The molecule has 2 aliphatic heterocycles. The van der Waals surface area contributed by atoms with Gasteiger partial charge in [-0.2, -0.15) is 0 Å². The van der Waals surface area contributed by atoms with Gasteiger partial charge in [0.15, 0.2) is 10.4 Å². The summed E-state index contributed by atoms with van der Waals surface area (Å²) in [5, 5.41) is 5.78. The van der Waals surface area contributed by atoms with Gasteiger partial charge in [0.1, 0.15) is 0 Å². The SMILES string of the molecule is Cc1ccccc1N1CCN(c2ccc(C(=O)NCCCN3C(=O)CCC3=O)cc2NC(=O)c2ccc(Br)o2)CC1. The van der Waals surface area contributed by atoms with Crippen molar-refractivity contribution in [2.24, 2.45) is 0 Å². The first-order valence-electron chi connectivity index (χ1n) is 13.7. The van der Waals surface area contributed by atoms with Gasteiger partial charge in [-0.25, -0.2) is 0 Å². The first-order valence-corrected chi connectivity index (χ1v) is 14.5. The molecule has 0 radical (unpaired) electrons. The van der Waals surface area contributed by atoms with E-state index in [4.69, 9.17) is 4.42 Å². The topological polar surface area (TPSA) is 115 Å². The average Bonchev–Trinajstić information content (AvgIpc) is 3.55. The monoisotopic (exact) mass is 621 g/mol. The normalized spacial score (nSPS) is 15.4. The van der Waals surface area contributed by atoms with Crippen molar-refractivity contribution in [3.8, 4) is 0 Å². The number of nitrogens with one attached hydrogen (secondary N) is 2. The van der Waals surface area contributed by atoms with Gasteiger partial charge in [0.2, 0.25) is 11.8 Å². The van der Waals surface area contributed by atoms with E-state index in [1.165, 1.54) is 16.2 Å². The van der Waals surface area contributed by atoms with Crippen molar-refractivity contribution >= 4 is 56.6 Å². The first kappa shape index (κ1) is 28.4. The molecule has 214 valence electrons. The number of hydrogen-bond donors (Lipinski definition) is 2. The summed E-state index contributed by atoms with van der Waals surface area (Å²) in [5.41, 5.74) is 4.15. The highest BCUT2D eigenvalue weighted by molar-refractivity contribution is 9.10. The fourth-order valence-corrected chi connectivity index (χ4v) is 5.50. The number of aryl methyl sites for hydroxylation is 1. The number of benzene rings is 2. The Morgan fingerprint density at radius 2 is 1.56 bits per heavy atom. The molecule has 0 saturated carbocycles. The molecule has 0 atom stereocenters. The quantitative estimate of drug-likeness (QED) is 0.272. The molecule has 0 unspecified atom stereocenters. The Kier molecular flexibility index (Phi) is 8.72. The number of nitrogens with zero attached hydrogens (tertiary/aromatic N) is 3. The van der Waals surface area contributed by atoms with E-state index in [2.05, 4.69) is 55.4 Å². The van der Waals surface area contributed by atoms with E-state index >= 15 is 0 Å². The molecule has 0 bridgehead atoms. The van der Waals surface area contributed by atoms with Gasteiger partial charge in [-0.1, -0.05) is 18.2 Å². The summed E-state index contributed by atoms with van der Waals surface area (Å²) in [4.78, 5) is 55.4. The average molecular weight is 623 g/mol. The second kappa shape index (κ2) is 12.6. The Morgan fingerprint density at radius 1 is 0.878 bits per heavy atom. The van der Waals surface area contributed by atoms with Crippen LogP contribution in [0.25, 0.3) is 0 Å². The molecule has 11 heteroatoms. The van der Waals surface area contributed by atoms with Crippen LogP contribution in [0.15, 0.2) is 63.7 Å². The van der Waals surface area contributed by atoms with Crippen molar-refractivity contribution in [1.29, 1.82) is 0 Å². The van der Waals surface area contributed by atoms with Crippen LogP contribution in [0.3, 0.4) is 0 Å². The van der Waals surface area contributed by atoms with Crippen molar-refractivity contribution in [3.63, 3.8) is 0 Å². The number of anilines is 3. The van der Waals surface area contributed by atoms with Crippen molar-refractivity contribution in [1.82, 2.24) is 10.2 Å². The minimum atomic E-state index is -0.423. The molecule has 3 aromatic rings. The molecule has 4 amide bonds. The summed E-state index contributed by atoms with van der Waals surface area (Å²) in [6.07, 6.45) is 0.966. The second-order valence-electron chi connectivity index (χ2n) is 10.1. The van der Waals surface area contributed by atoms with Gasteiger partial charge < -0.3 is 24.9 Å². The molecule has 2 aliphatic rings. The van der Waals surface area contributed by atoms with E-state index in [0.717, 1.165) is 31.9 Å². The summed E-state index contributed by atoms with van der Waals surface area (Å²) in [6.45, 7) is 5.80. The van der Waals surface area contributed by atoms with E-state index < -0.39 is 5.91 Å². The van der Waals surface area contributed by atoms with Crippen LogP contribution in [-0.4, -0.2) is 67.8 Å². The lowest BCUT2D eigenvalue weighted by molar-refractivity contribution is -0.138. The van der Waals surface area contributed by atoms with E-state index in [9.17, 15) is 19.2 Å². The van der Waals surface area contributed by atoms with Crippen LogP contribution in [-0.2, 0) is 9.59 Å². The summed E-state index contributed by atoms with van der Waals surface area (Å²) in [6, 6.07) is 16.8. The molecule has 2 fully saturated rings. The maximum Gasteiger partial charge on any atom is 0.291 e. The van der Waals surface area contributed by atoms with Crippen LogP contribution in [0.4, 0.5) is 17.1 Å². The molecule has 41 heavy (non-hydrogen) atoms. The fourth-order valence-electron chi connectivity index (χ4n) is 5.19. The third kappa shape index (κ3) is 6.62. The summed E-state index contributed by atoms with van der Waals surface area (Å²) in [7, 11) is 0. The standard InChI is InChI=1S/C30H32BrN5O5/c1-20-5-2-3-6-23(20)34-15-17-35(18-16-34)24-8-7-21(19-22(24)33-30(40)25-9-10-26(31)41-25)29(39)32-13-4-14-36-27(37)11-12-28(36)38/h2-3,5-10,19H,4,11-18H2,1H3,(H,32,39)(H,33,40). The molecule has 2 N–H and O–H groups in total. The van der Waals surface area contributed by atoms with Gasteiger partial charge in [-0.15, -0.1) is 0 Å². The number of halogens is 1. The van der Waals surface area contributed by atoms with Crippen LogP contribution in [0.5, 0.6) is 0 Å². The van der Waals surface area contributed by atoms with Crippen LogP contribution in [0.1, 0.15) is 45.7 Å². The second-order valence-corrected chi connectivity index (χ2v) is 10.9. The summed E-state index contributed by atoms with van der Waals surface area (Å²) < 4.78 is 5.88. The Labute approximate surface area is 246 Å². The summed E-state index contributed by atoms with van der Waals surface area (Å²) in [5.74, 6) is -0.918. The molecule has 5 rings (SSSR count). The van der Waals surface area contributed by atoms with E-state index in [1.54, 1.807) is 24.3 Å². The minimum absolute atomic E-state index is 0.146. The molecule has 2 aromatic carbocycles. The third-order valence-corrected chi connectivity index (χ3v) is 7.81. The number of furan rings is 1. The number of imide groups is 1. The Hall–Kier alpha value is -4.12. The number of piperazine rings is 1. The molecule has 0 aliphatic carbocycles. The van der Waals surface area contributed by atoms with Gasteiger partial charge in [0.25, 0.3) is 11.8 Å². The number of para-hydroxylation sites is 1. The van der Waals surface area contributed by atoms with Crippen LogP contribution < -0.4 is 20.4 Å². The molecule has 10 nitrogen and oxygen atoms in total. The smallest absolute Gasteiger partial charge is 0.291 e. The molecule has 1 aromatic heterocycles. The zero-order valence-electron chi connectivity index (χ0n) is 22.8. The maximum absolute atomic E-state index is 13.0. The van der Waals surface area contributed by atoms with Gasteiger partial charge in [-0.05, 0) is 71.2 Å². The Bertz CT molecular complexity index is 1450. The number of amides is 4. The highest BCUT2D eigenvalue weighted by Gasteiger charge is 2.28. The predicted octanol–water partition coefficient (Wildman–Crippen LogP) is 4.20. The number of hydrogen-bond acceptors (Lipinski definition) is 7. The van der Waals surface area contributed by atoms with Crippen LogP contribution in [0, 0.1) is 6.92 Å². The zero-order chi connectivity index (χ0) is 28.9. The highest BCUT2D eigenvalue weighted by atomic mass is 79.9. The van der Waals surface area contributed by atoms with Gasteiger partial charge in [0.05, 0.1) is 11.4 Å². The van der Waals surface area contributed by atoms with E-state index in [-0.39, 0.29) is 42.9 Å². The van der Waals surface area contributed by atoms with Gasteiger partial charge in [0, 0.05) is 63.4 Å². The number of carbonyl (C=O) groups excluding carboxylic acids is 4. The maximum atomic E-state index is 13.0. The van der Waals surface area contributed by atoms with Crippen LogP contribution in [0.2, 0.25) is 0 Å². The van der Waals surface area contributed by atoms with E-state index in [1.807, 2.05) is 18.2 Å². The Balaban J connectivity index is 1.28. The molecular weight excluding hydrogens is 590 g/mol.